The standard InChI is InChI=1S/C30H32N/c1-19-14-22(4)30(23(5)15-19)28-17-29(31(7)18-24(28)6)27-16-25(13-12-21(27)3)26-11-9-8-10-20(26)2/h8-18H,1-7H3/q+1. The van der Waals surface area contributed by atoms with Crippen molar-refractivity contribution in [2.75, 3.05) is 0 Å². The largest absolute Gasteiger partial charge is 0.213 e. The number of hydrogen-bond acceptors (Lipinski definition) is 0. The van der Waals surface area contributed by atoms with E-state index < -0.39 is 0 Å². The highest BCUT2D eigenvalue weighted by Gasteiger charge is 2.19. The van der Waals surface area contributed by atoms with Gasteiger partial charge >= 0.3 is 0 Å². The van der Waals surface area contributed by atoms with Gasteiger partial charge in [-0.3, -0.25) is 0 Å². The Labute approximate surface area is 187 Å². The minimum atomic E-state index is 1.24. The molecular weight excluding hydrogens is 374 g/mol. The van der Waals surface area contributed by atoms with Crippen molar-refractivity contribution in [1.82, 2.24) is 0 Å². The molecule has 156 valence electrons. The van der Waals surface area contributed by atoms with Crippen molar-refractivity contribution < 1.29 is 4.57 Å². The van der Waals surface area contributed by atoms with Crippen molar-refractivity contribution in [2.24, 2.45) is 7.05 Å². The molecule has 0 bridgehead atoms. The number of pyridine rings is 1. The van der Waals surface area contributed by atoms with E-state index in [1.807, 2.05) is 0 Å². The first kappa shape index (κ1) is 21.1. The summed E-state index contributed by atoms with van der Waals surface area (Å²) in [6.45, 7) is 13.2. The van der Waals surface area contributed by atoms with E-state index in [4.69, 9.17) is 0 Å². The van der Waals surface area contributed by atoms with Gasteiger partial charge in [-0.05, 0) is 92.1 Å². The van der Waals surface area contributed by atoms with Crippen LogP contribution in [0, 0.1) is 41.5 Å². The van der Waals surface area contributed by atoms with Crippen LogP contribution in [-0.2, 0) is 7.05 Å². The maximum Gasteiger partial charge on any atom is 0.213 e. The molecule has 1 heterocycles. The molecule has 0 aliphatic rings. The third-order valence-electron chi connectivity index (χ3n) is 6.39. The van der Waals surface area contributed by atoms with E-state index in [1.165, 1.54) is 66.9 Å². The summed E-state index contributed by atoms with van der Waals surface area (Å²) in [5.41, 5.74) is 15.7. The summed E-state index contributed by atoms with van der Waals surface area (Å²) >= 11 is 0. The van der Waals surface area contributed by atoms with Gasteiger partial charge in [-0.1, -0.05) is 54.1 Å². The number of rotatable bonds is 3. The van der Waals surface area contributed by atoms with Gasteiger partial charge in [0.25, 0.3) is 0 Å². The van der Waals surface area contributed by atoms with Gasteiger partial charge in [0.15, 0.2) is 6.20 Å². The van der Waals surface area contributed by atoms with Crippen LogP contribution in [0.15, 0.2) is 66.9 Å². The lowest BCUT2D eigenvalue weighted by molar-refractivity contribution is -0.660. The molecule has 3 aromatic carbocycles. The number of benzene rings is 3. The first-order valence-corrected chi connectivity index (χ1v) is 11.0. The van der Waals surface area contributed by atoms with E-state index in [0.29, 0.717) is 0 Å². The Bertz CT molecular complexity index is 1270. The first-order valence-electron chi connectivity index (χ1n) is 11.0. The van der Waals surface area contributed by atoms with Gasteiger partial charge in [0.1, 0.15) is 7.05 Å². The highest BCUT2D eigenvalue weighted by atomic mass is 14.9. The molecule has 0 aliphatic heterocycles. The third kappa shape index (κ3) is 3.93. The monoisotopic (exact) mass is 406 g/mol. The molecule has 4 aromatic rings. The van der Waals surface area contributed by atoms with E-state index in [9.17, 15) is 0 Å². The van der Waals surface area contributed by atoms with Crippen LogP contribution in [0.5, 0.6) is 0 Å². The molecular formula is C30H32N+. The first-order chi connectivity index (χ1) is 14.8. The third-order valence-corrected chi connectivity index (χ3v) is 6.39. The number of hydrogen-bond donors (Lipinski definition) is 0. The van der Waals surface area contributed by atoms with Crippen LogP contribution >= 0.6 is 0 Å². The second-order valence-corrected chi connectivity index (χ2v) is 8.98. The molecule has 1 aromatic heterocycles. The summed E-state index contributed by atoms with van der Waals surface area (Å²) in [4.78, 5) is 0. The predicted molar refractivity (Wildman–Crippen MR) is 132 cm³/mol. The van der Waals surface area contributed by atoms with Crippen LogP contribution < -0.4 is 4.57 Å². The van der Waals surface area contributed by atoms with Crippen LogP contribution in [0.4, 0.5) is 0 Å². The molecule has 31 heavy (non-hydrogen) atoms. The highest BCUT2D eigenvalue weighted by molar-refractivity contribution is 5.79. The maximum atomic E-state index is 2.38. The fourth-order valence-corrected chi connectivity index (χ4v) is 4.89. The van der Waals surface area contributed by atoms with Crippen LogP contribution in [0.2, 0.25) is 0 Å². The molecule has 0 spiro atoms. The Kier molecular flexibility index (Phi) is 5.54. The lowest BCUT2D eigenvalue weighted by Crippen LogP contribution is -2.31. The molecule has 1 heteroatoms. The Balaban J connectivity index is 1.94. The molecule has 1 nitrogen and oxygen atoms in total. The predicted octanol–water partition coefficient (Wildman–Crippen LogP) is 7.36. The normalized spacial score (nSPS) is 11.1. The fourth-order valence-electron chi connectivity index (χ4n) is 4.89. The van der Waals surface area contributed by atoms with Crippen LogP contribution in [0.1, 0.15) is 33.4 Å². The van der Waals surface area contributed by atoms with Crippen molar-refractivity contribution in [3.05, 3.63) is 100 Å². The Morgan fingerprint density at radius 1 is 0.548 bits per heavy atom. The zero-order chi connectivity index (χ0) is 22.3. The van der Waals surface area contributed by atoms with E-state index in [1.54, 1.807) is 0 Å². The number of nitrogens with zero attached hydrogens (tertiary/aromatic N) is 1. The minimum Gasteiger partial charge on any atom is -0.201 e. The number of aromatic nitrogens is 1. The Hall–Kier alpha value is -3.19. The zero-order valence-electron chi connectivity index (χ0n) is 19.8. The maximum absolute atomic E-state index is 2.38. The lowest BCUT2D eigenvalue weighted by Gasteiger charge is -2.15. The van der Waals surface area contributed by atoms with Gasteiger partial charge < -0.3 is 0 Å². The van der Waals surface area contributed by atoms with Crippen LogP contribution in [0.3, 0.4) is 0 Å². The molecule has 0 saturated heterocycles. The van der Waals surface area contributed by atoms with Crippen molar-refractivity contribution in [3.8, 4) is 33.5 Å². The molecule has 0 saturated carbocycles. The molecule has 0 amide bonds. The van der Waals surface area contributed by atoms with Crippen LogP contribution in [0.25, 0.3) is 33.5 Å². The quantitative estimate of drug-likeness (QED) is 0.313. The van der Waals surface area contributed by atoms with Gasteiger partial charge in [0, 0.05) is 17.2 Å². The summed E-state index contributed by atoms with van der Waals surface area (Å²) < 4.78 is 2.27. The SMILES string of the molecule is Cc1cc(C)c(-c2cc(-c3cc(-c4ccccc4C)ccc3C)[n+](C)cc2C)c(C)c1. The van der Waals surface area contributed by atoms with Crippen LogP contribution in [-0.4, -0.2) is 0 Å². The molecule has 0 N–H and O–H groups in total. The molecule has 0 atom stereocenters. The number of aryl methyl sites for hydroxylation is 7. The molecule has 0 radical (unpaired) electrons. The fraction of sp³-hybridized carbons (Fsp3) is 0.233. The second kappa shape index (κ2) is 8.15. The topological polar surface area (TPSA) is 3.88 Å². The Morgan fingerprint density at radius 2 is 1.19 bits per heavy atom. The molecule has 0 fully saturated rings. The summed E-state index contributed by atoms with van der Waals surface area (Å²) in [6.07, 6.45) is 2.27. The summed E-state index contributed by atoms with van der Waals surface area (Å²) in [5.74, 6) is 0. The minimum absolute atomic E-state index is 1.24. The average molecular weight is 407 g/mol. The van der Waals surface area contributed by atoms with Gasteiger partial charge in [0.2, 0.25) is 5.69 Å². The van der Waals surface area contributed by atoms with Crippen molar-refractivity contribution >= 4 is 0 Å². The molecule has 0 aliphatic carbocycles. The Morgan fingerprint density at radius 3 is 1.87 bits per heavy atom. The van der Waals surface area contributed by atoms with E-state index in [2.05, 4.69) is 120 Å². The highest BCUT2D eigenvalue weighted by Crippen LogP contribution is 2.35. The van der Waals surface area contributed by atoms with Crippen molar-refractivity contribution in [1.29, 1.82) is 0 Å². The lowest BCUT2D eigenvalue weighted by atomic mass is 9.90. The van der Waals surface area contributed by atoms with Gasteiger partial charge in [0.05, 0.1) is 0 Å². The van der Waals surface area contributed by atoms with E-state index in [0.717, 1.165) is 0 Å². The molecule has 4 rings (SSSR count). The van der Waals surface area contributed by atoms with Gasteiger partial charge in [-0.2, -0.15) is 0 Å². The van der Waals surface area contributed by atoms with Gasteiger partial charge in [-0.25, -0.2) is 4.57 Å². The smallest absolute Gasteiger partial charge is 0.201 e. The summed E-state index contributed by atoms with van der Waals surface area (Å²) in [7, 11) is 2.15. The van der Waals surface area contributed by atoms with E-state index in [-0.39, 0.29) is 0 Å². The van der Waals surface area contributed by atoms with Crippen molar-refractivity contribution in [2.45, 2.75) is 41.5 Å². The van der Waals surface area contributed by atoms with E-state index >= 15 is 0 Å². The van der Waals surface area contributed by atoms with Gasteiger partial charge in [-0.15, -0.1) is 0 Å². The average Bonchev–Trinajstić information content (AvgIpc) is 2.70. The zero-order valence-corrected chi connectivity index (χ0v) is 19.8. The summed E-state index contributed by atoms with van der Waals surface area (Å²) in [6, 6.07) is 22.4. The second-order valence-electron chi connectivity index (χ2n) is 8.98. The van der Waals surface area contributed by atoms with Crippen molar-refractivity contribution in [3.63, 3.8) is 0 Å². The molecule has 0 unspecified atom stereocenters. The summed E-state index contributed by atoms with van der Waals surface area (Å²) in [5, 5.41) is 0.